The van der Waals surface area contributed by atoms with Gasteiger partial charge in [-0.15, -0.1) is 0 Å². The van der Waals surface area contributed by atoms with Crippen LogP contribution in [0.5, 0.6) is 0 Å². The number of ether oxygens (including phenoxy) is 2. The van der Waals surface area contributed by atoms with Gasteiger partial charge in [0.1, 0.15) is 17.2 Å². The van der Waals surface area contributed by atoms with Crippen LogP contribution in [0.2, 0.25) is 0 Å². The number of rotatable bonds is 4. The molecule has 5 nitrogen and oxygen atoms in total. The fourth-order valence-electron chi connectivity index (χ4n) is 2.27. The molecule has 1 rings (SSSR count). The molecule has 0 radical (unpaired) electrons. The monoisotopic (exact) mass is 303 g/mol. The van der Waals surface area contributed by atoms with Crippen molar-refractivity contribution in [1.29, 1.82) is 0 Å². The maximum atomic E-state index is 12.9. The van der Waals surface area contributed by atoms with E-state index in [1.54, 1.807) is 18.7 Å². The molecule has 0 saturated carbocycles. The van der Waals surface area contributed by atoms with Gasteiger partial charge < -0.3 is 14.6 Å². The minimum Gasteiger partial charge on any atom is -0.444 e. The van der Waals surface area contributed by atoms with Crippen molar-refractivity contribution in [2.24, 2.45) is 0 Å². The quantitative estimate of drug-likeness (QED) is 0.867. The molecular formula is C15H26FNO4. The number of hydrogen-bond acceptors (Lipinski definition) is 4. The Bertz CT molecular complexity index is 401. The highest BCUT2D eigenvalue weighted by Gasteiger charge is 2.45. The second kappa shape index (κ2) is 6.75. The third-order valence-corrected chi connectivity index (χ3v) is 3.18. The van der Waals surface area contributed by atoms with Gasteiger partial charge in [-0.05, 0) is 47.5 Å². The molecule has 1 aliphatic heterocycles. The van der Waals surface area contributed by atoms with E-state index in [9.17, 15) is 9.18 Å². The van der Waals surface area contributed by atoms with Gasteiger partial charge in [0.05, 0.1) is 19.3 Å². The van der Waals surface area contributed by atoms with E-state index < -0.39 is 29.9 Å². The molecule has 0 aliphatic carbocycles. The summed E-state index contributed by atoms with van der Waals surface area (Å²) < 4.78 is 24.0. The summed E-state index contributed by atoms with van der Waals surface area (Å²) in [6.07, 6.45) is 1.88. The average Bonchev–Trinajstić information content (AvgIpc) is 2.62. The fraction of sp³-hybridized carbons (Fsp3) is 0.800. The Labute approximate surface area is 125 Å². The third kappa shape index (κ3) is 5.28. The van der Waals surface area contributed by atoms with Crippen LogP contribution in [0.15, 0.2) is 11.9 Å². The van der Waals surface area contributed by atoms with Crippen LogP contribution in [-0.4, -0.2) is 46.7 Å². The highest BCUT2D eigenvalue weighted by Crippen LogP contribution is 2.31. The lowest BCUT2D eigenvalue weighted by atomic mass is 10.1. The fourth-order valence-corrected chi connectivity index (χ4v) is 2.27. The standard InChI is InChI=1S/C15H26FNO4/c1-14(2,3)21-13(19)17-12(10-20-15(17,4)5)8-6-7-11(16)9-18/h7,12,18H,6,8-10H2,1-5H3/t12-/m0/s1. The number of carbonyl (C=O) groups is 1. The van der Waals surface area contributed by atoms with Gasteiger partial charge >= 0.3 is 6.09 Å². The molecule has 1 atom stereocenters. The summed E-state index contributed by atoms with van der Waals surface area (Å²) in [7, 11) is 0. The Balaban J connectivity index is 2.73. The van der Waals surface area contributed by atoms with E-state index in [1.165, 1.54) is 6.08 Å². The van der Waals surface area contributed by atoms with Gasteiger partial charge in [-0.3, -0.25) is 4.90 Å². The summed E-state index contributed by atoms with van der Waals surface area (Å²) in [6.45, 7) is 8.83. The average molecular weight is 303 g/mol. The Kier molecular flexibility index (Phi) is 5.75. The van der Waals surface area contributed by atoms with E-state index in [0.29, 0.717) is 19.4 Å². The van der Waals surface area contributed by atoms with Crippen LogP contribution in [0.25, 0.3) is 0 Å². The van der Waals surface area contributed by atoms with Crippen molar-refractivity contribution in [2.45, 2.75) is 64.8 Å². The molecule has 0 unspecified atom stereocenters. The predicted octanol–water partition coefficient (Wildman–Crippen LogP) is 2.98. The number of nitrogens with zero attached hydrogens (tertiary/aromatic N) is 1. The predicted molar refractivity (Wildman–Crippen MR) is 77.4 cm³/mol. The van der Waals surface area contributed by atoms with Crippen LogP contribution in [0.4, 0.5) is 9.18 Å². The minimum absolute atomic E-state index is 0.169. The molecule has 1 aliphatic rings. The van der Waals surface area contributed by atoms with E-state index in [1.807, 2.05) is 20.8 Å². The van der Waals surface area contributed by atoms with Gasteiger partial charge in [0.15, 0.2) is 0 Å². The third-order valence-electron chi connectivity index (χ3n) is 3.18. The smallest absolute Gasteiger partial charge is 0.412 e. The molecule has 1 amide bonds. The highest BCUT2D eigenvalue weighted by atomic mass is 19.1. The SMILES string of the molecule is CC(C)(C)OC(=O)N1[C@@H](CCC=C(F)CO)COC1(C)C. The number of allylic oxidation sites excluding steroid dienone is 1. The first-order valence-corrected chi connectivity index (χ1v) is 7.18. The maximum absolute atomic E-state index is 12.9. The first kappa shape index (κ1) is 17.9. The molecule has 0 spiro atoms. The first-order chi connectivity index (χ1) is 9.57. The van der Waals surface area contributed by atoms with Crippen molar-refractivity contribution in [3.63, 3.8) is 0 Å². The molecule has 6 heteroatoms. The molecule has 1 heterocycles. The van der Waals surface area contributed by atoms with Crippen LogP contribution in [0.3, 0.4) is 0 Å². The van der Waals surface area contributed by atoms with Gasteiger partial charge in [0.25, 0.3) is 0 Å². The number of aliphatic hydroxyl groups excluding tert-OH is 1. The molecular weight excluding hydrogens is 277 g/mol. The van der Waals surface area contributed by atoms with Crippen LogP contribution in [0, 0.1) is 0 Å². The Morgan fingerprint density at radius 3 is 2.67 bits per heavy atom. The Morgan fingerprint density at radius 2 is 2.14 bits per heavy atom. The summed E-state index contributed by atoms with van der Waals surface area (Å²) in [6, 6.07) is -0.169. The second-order valence-corrected chi connectivity index (χ2v) is 6.65. The number of halogens is 1. The largest absolute Gasteiger partial charge is 0.444 e. The lowest BCUT2D eigenvalue weighted by molar-refractivity contribution is -0.0626. The number of hydrogen-bond donors (Lipinski definition) is 1. The molecule has 1 fully saturated rings. The Morgan fingerprint density at radius 1 is 1.52 bits per heavy atom. The zero-order valence-corrected chi connectivity index (χ0v) is 13.5. The highest BCUT2D eigenvalue weighted by molar-refractivity contribution is 5.69. The van der Waals surface area contributed by atoms with Gasteiger partial charge in [0.2, 0.25) is 0 Å². The molecule has 0 aromatic heterocycles. The van der Waals surface area contributed by atoms with Gasteiger partial charge in [-0.2, -0.15) is 0 Å². The maximum Gasteiger partial charge on any atom is 0.412 e. The summed E-state index contributed by atoms with van der Waals surface area (Å²) in [5.74, 6) is -0.558. The topological polar surface area (TPSA) is 59.0 Å². The minimum atomic E-state index is -0.744. The van der Waals surface area contributed by atoms with Crippen LogP contribution in [0.1, 0.15) is 47.5 Å². The van der Waals surface area contributed by atoms with Crippen LogP contribution >= 0.6 is 0 Å². The molecule has 21 heavy (non-hydrogen) atoms. The normalized spacial score (nSPS) is 22.5. The van der Waals surface area contributed by atoms with E-state index in [2.05, 4.69) is 0 Å². The van der Waals surface area contributed by atoms with Crippen molar-refractivity contribution in [2.75, 3.05) is 13.2 Å². The molecule has 0 bridgehead atoms. The van der Waals surface area contributed by atoms with Crippen molar-refractivity contribution in [3.05, 3.63) is 11.9 Å². The van der Waals surface area contributed by atoms with Crippen molar-refractivity contribution in [3.8, 4) is 0 Å². The van der Waals surface area contributed by atoms with Gasteiger partial charge in [-0.1, -0.05) is 6.08 Å². The molecule has 1 saturated heterocycles. The van der Waals surface area contributed by atoms with E-state index in [4.69, 9.17) is 14.6 Å². The zero-order valence-electron chi connectivity index (χ0n) is 13.5. The summed E-state index contributed by atoms with van der Waals surface area (Å²) in [4.78, 5) is 13.9. The van der Waals surface area contributed by atoms with Gasteiger partial charge in [0, 0.05) is 0 Å². The van der Waals surface area contributed by atoms with Crippen LogP contribution in [-0.2, 0) is 9.47 Å². The molecule has 0 aromatic carbocycles. The number of aliphatic hydroxyl groups is 1. The summed E-state index contributed by atoms with van der Waals surface area (Å²) >= 11 is 0. The molecule has 0 aromatic rings. The van der Waals surface area contributed by atoms with Crippen LogP contribution < -0.4 is 0 Å². The lowest BCUT2D eigenvalue weighted by Gasteiger charge is -2.35. The van der Waals surface area contributed by atoms with E-state index >= 15 is 0 Å². The van der Waals surface area contributed by atoms with Crippen molar-refractivity contribution >= 4 is 6.09 Å². The first-order valence-electron chi connectivity index (χ1n) is 7.18. The van der Waals surface area contributed by atoms with Crippen molar-refractivity contribution < 1.29 is 23.8 Å². The Hall–Kier alpha value is -1.14. The number of carbonyl (C=O) groups excluding carboxylic acids is 1. The zero-order chi connectivity index (χ0) is 16.3. The second-order valence-electron chi connectivity index (χ2n) is 6.65. The van der Waals surface area contributed by atoms with Crippen molar-refractivity contribution in [1.82, 2.24) is 4.90 Å². The lowest BCUT2D eigenvalue weighted by Crippen LogP contribution is -2.49. The van der Waals surface area contributed by atoms with E-state index in [-0.39, 0.29) is 6.04 Å². The van der Waals surface area contributed by atoms with E-state index in [0.717, 1.165) is 0 Å². The number of amides is 1. The summed E-state index contributed by atoms with van der Waals surface area (Å²) in [5.41, 5.74) is -1.32. The molecule has 1 N–H and O–H groups in total. The summed E-state index contributed by atoms with van der Waals surface area (Å²) in [5, 5.41) is 8.63. The molecule has 122 valence electrons. The van der Waals surface area contributed by atoms with Gasteiger partial charge in [-0.25, -0.2) is 9.18 Å².